The molecule has 156 valence electrons. The fourth-order valence-electron chi connectivity index (χ4n) is 3.34. The van der Waals surface area contributed by atoms with Crippen molar-refractivity contribution in [3.8, 4) is 5.75 Å². The van der Waals surface area contributed by atoms with E-state index in [1.54, 1.807) is 17.3 Å². The number of aromatic nitrogens is 2. The number of rotatable bonds is 5. The highest BCUT2D eigenvalue weighted by molar-refractivity contribution is 7.13. The largest absolute Gasteiger partial charge is 0.481 e. The van der Waals surface area contributed by atoms with E-state index in [1.165, 1.54) is 11.3 Å². The Labute approximate surface area is 175 Å². The molecule has 3 rings (SSSR count). The van der Waals surface area contributed by atoms with Crippen LogP contribution in [0.5, 0.6) is 5.75 Å². The van der Waals surface area contributed by atoms with Crippen LogP contribution in [0.2, 0.25) is 0 Å². The zero-order valence-corrected chi connectivity index (χ0v) is 18.2. The normalized spacial score (nSPS) is 16.3. The lowest BCUT2D eigenvalue weighted by Crippen LogP contribution is -2.46. The molecule has 29 heavy (non-hydrogen) atoms. The van der Waals surface area contributed by atoms with Gasteiger partial charge >= 0.3 is 0 Å². The molecule has 0 bridgehead atoms. The molecule has 1 N–H and O–H groups in total. The molecule has 1 fully saturated rings. The van der Waals surface area contributed by atoms with Crippen LogP contribution >= 0.6 is 11.3 Å². The molecule has 1 aromatic carbocycles. The van der Waals surface area contributed by atoms with Crippen LogP contribution in [0.3, 0.4) is 0 Å². The van der Waals surface area contributed by atoms with Crippen molar-refractivity contribution >= 4 is 28.3 Å². The van der Waals surface area contributed by atoms with Gasteiger partial charge in [-0.1, -0.05) is 44.2 Å². The third kappa shape index (κ3) is 5.53. The molecular weight excluding hydrogens is 388 g/mol. The topological polar surface area (TPSA) is 84.4 Å². The number of carbonyl (C=O) groups is 2. The van der Waals surface area contributed by atoms with Gasteiger partial charge in [-0.25, -0.2) is 0 Å². The number of ether oxygens (including phenoxy) is 1. The number of hydrogen-bond donors (Lipinski definition) is 1. The van der Waals surface area contributed by atoms with Gasteiger partial charge in [-0.15, -0.1) is 10.2 Å². The summed E-state index contributed by atoms with van der Waals surface area (Å²) in [6.45, 7) is 9.30. The lowest BCUT2D eigenvalue weighted by molar-refractivity contribution is -0.140. The monoisotopic (exact) mass is 416 g/mol. The van der Waals surface area contributed by atoms with Gasteiger partial charge in [0.05, 0.1) is 0 Å². The summed E-state index contributed by atoms with van der Waals surface area (Å²) < 4.78 is 5.93. The molecule has 2 aromatic rings. The molecule has 0 unspecified atom stereocenters. The van der Waals surface area contributed by atoms with Gasteiger partial charge < -0.3 is 15.0 Å². The molecule has 0 saturated carbocycles. The first-order valence-electron chi connectivity index (χ1n) is 9.87. The van der Waals surface area contributed by atoms with Crippen molar-refractivity contribution < 1.29 is 14.3 Å². The average molecular weight is 417 g/mol. The fourth-order valence-corrected chi connectivity index (χ4v) is 3.79. The Morgan fingerprint density at radius 2 is 2.00 bits per heavy atom. The smallest absolute Gasteiger partial charge is 0.263 e. The standard InChI is InChI=1S/C21H28N4O3S/c1-14(28-17-7-5-6-16(12-17)21(2,3)4)19(27)25-10-8-15(9-11-25)18(26)23-20-24-22-13-29-20/h5-7,12-15H,8-11H2,1-4H3,(H,23,24,26)/t14-/m0/s1. The number of nitrogens with one attached hydrogen (secondary N) is 1. The molecule has 1 atom stereocenters. The minimum absolute atomic E-state index is 0.0176. The molecular formula is C21H28N4O3S. The summed E-state index contributed by atoms with van der Waals surface area (Å²) in [5, 5.41) is 10.8. The van der Waals surface area contributed by atoms with E-state index in [4.69, 9.17) is 4.74 Å². The lowest BCUT2D eigenvalue weighted by Gasteiger charge is -2.33. The Morgan fingerprint density at radius 1 is 1.28 bits per heavy atom. The zero-order valence-electron chi connectivity index (χ0n) is 17.3. The van der Waals surface area contributed by atoms with E-state index < -0.39 is 6.10 Å². The van der Waals surface area contributed by atoms with Crippen molar-refractivity contribution in [1.82, 2.24) is 15.1 Å². The average Bonchev–Trinajstić information content (AvgIpc) is 3.20. The summed E-state index contributed by atoms with van der Waals surface area (Å²) in [7, 11) is 0. The Morgan fingerprint density at radius 3 is 2.62 bits per heavy atom. The first-order valence-corrected chi connectivity index (χ1v) is 10.7. The molecule has 1 aliphatic heterocycles. The quantitative estimate of drug-likeness (QED) is 0.807. The molecule has 1 aliphatic rings. The van der Waals surface area contributed by atoms with Gasteiger partial charge in [0, 0.05) is 19.0 Å². The number of hydrogen-bond acceptors (Lipinski definition) is 6. The van der Waals surface area contributed by atoms with Crippen LogP contribution in [-0.4, -0.2) is 46.1 Å². The Balaban J connectivity index is 1.52. The summed E-state index contributed by atoms with van der Waals surface area (Å²) in [5.74, 6) is 0.471. The van der Waals surface area contributed by atoms with E-state index in [0.29, 0.717) is 36.8 Å². The van der Waals surface area contributed by atoms with Gasteiger partial charge in [0.1, 0.15) is 11.3 Å². The van der Waals surface area contributed by atoms with Gasteiger partial charge in [-0.2, -0.15) is 0 Å². The van der Waals surface area contributed by atoms with E-state index in [-0.39, 0.29) is 23.1 Å². The maximum atomic E-state index is 12.8. The highest BCUT2D eigenvalue weighted by Gasteiger charge is 2.30. The maximum Gasteiger partial charge on any atom is 0.263 e. The van der Waals surface area contributed by atoms with Crippen molar-refractivity contribution in [3.63, 3.8) is 0 Å². The van der Waals surface area contributed by atoms with Gasteiger partial charge in [-0.05, 0) is 42.9 Å². The van der Waals surface area contributed by atoms with E-state index >= 15 is 0 Å². The minimum Gasteiger partial charge on any atom is -0.481 e. The van der Waals surface area contributed by atoms with E-state index in [1.807, 2.05) is 18.2 Å². The molecule has 1 saturated heterocycles. The van der Waals surface area contributed by atoms with E-state index in [9.17, 15) is 9.59 Å². The second kappa shape index (κ2) is 8.90. The van der Waals surface area contributed by atoms with Crippen LogP contribution in [0.25, 0.3) is 0 Å². The predicted octanol–water partition coefficient (Wildman–Crippen LogP) is 3.48. The number of nitrogens with zero attached hydrogens (tertiary/aromatic N) is 3. The number of carbonyl (C=O) groups excluding carboxylic acids is 2. The van der Waals surface area contributed by atoms with Crippen LogP contribution in [0, 0.1) is 5.92 Å². The number of likely N-dealkylation sites (tertiary alicyclic amines) is 1. The molecule has 0 aliphatic carbocycles. The van der Waals surface area contributed by atoms with Crippen molar-refractivity contribution in [2.45, 2.75) is 52.1 Å². The lowest BCUT2D eigenvalue weighted by atomic mass is 9.87. The van der Waals surface area contributed by atoms with Crippen molar-refractivity contribution in [2.24, 2.45) is 5.92 Å². The van der Waals surface area contributed by atoms with Crippen LogP contribution < -0.4 is 10.1 Å². The summed E-state index contributed by atoms with van der Waals surface area (Å²) >= 11 is 1.29. The van der Waals surface area contributed by atoms with Crippen molar-refractivity contribution in [2.75, 3.05) is 18.4 Å². The second-order valence-corrected chi connectivity index (χ2v) is 9.20. The van der Waals surface area contributed by atoms with Gasteiger partial charge in [0.2, 0.25) is 11.0 Å². The first-order chi connectivity index (χ1) is 13.7. The summed E-state index contributed by atoms with van der Waals surface area (Å²) in [5.41, 5.74) is 2.76. The molecule has 0 radical (unpaired) electrons. The van der Waals surface area contributed by atoms with Gasteiger partial charge in [0.25, 0.3) is 5.91 Å². The molecule has 1 aromatic heterocycles. The van der Waals surface area contributed by atoms with Crippen molar-refractivity contribution in [3.05, 3.63) is 35.3 Å². The number of piperidine rings is 1. The summed E-state index contributed by atoms with van der Waals surface area (Å²) in [4.78, 5) is 26.9. The number of anilines is 1. The maximum absolute atomic E-state index is 12.8. The van der Waals surface area contributed by atoms with Crippen molar-refractivity contribution in [1.29, 1.82) is 0 Å². The van der Waals surface area contributed by atoms with E-state index in [0.717, 1.165) is 5.56 Å². The summed E-state index contributed by atoms with van der Waals surface area (Å²) in [6, 6.07) is 7.89. The second-order valence-electron chi connectivity index (χ2n) is 8.37. The van der Waals surface area contributed by atoms with Crippen LogP contribution in [0.15, 0.2) is 29.8 Å². The fraction of sp³-hybridized carbons (Fsp3) is 0.524. The van der Waals surface area contributed by atoms with Gasteiger partial charge in [-0.3, -0.25) is 9.59 Å². The molecule has 2 amide bonds. The molecule has 7 nitrogen and oxygen atoms in total. The highest BCUT2D eigenvalue weighted by atomic mass is 32.1. The van der Waals surface area contributed by atoms with Gasteiger partial charge in [0.15, 0.2) is 6.10 Å². The number of benzene rings is 1. The highest BCUT2D eigenvalue weighted by Crippen LogP contribution is 2.27. The third-order valence-corrected chi connectivity index (χ3v) is 5.73. The summed E-state index contributed by atoms with van der Waals surface area (Å²) in [6.07, 6.45) is 0.683. The predicted molar refractivity (Wildman–Crippen MR) is 113 cm³/mol. The van der Waals surface area contributed by atoms with Crippen LogP contribution in [-0.2, 0) is 15.0 Å². The first kappa shape index (κ1) is 21.2. The Bertz CT molecular complexity index is 840. The molecule has 8 heteroatoms. The SMILES string of the molecule is C[C@H](Oc1cccc(C(C)(C)C)c1)C(=O)N1CCC(C(=O)Nc2nncs2)CC1. The van der Waals surface area contributed by atoms with Crippen LogP contribution in [0.4, 0.5) is 5.13 Å². The minimum atomic E-state index is -0.572. The molecule has 0 spiro atoms. The Kier molecular flexibility index (Phi) is 6.52. The Hall–Kier alpha value is -2.48. The molecule has 2 heterocycles. The number of amides is 2. The third-order valence-electron chi connectivity index (χ3n) is 5.13. The zero-order chi connectivity index (χ0) is 21.0. The van der Waals surface area contributed by atoms with E-state index in [2.05, 4.69) is 42.4 Å². The van der Waals surface area contributed by atoms with Crippen LogP contribution in [0.1, 0.15) is 46.1 Å².